The molecule has 1 aliphatic rings. The highest BCUT2D eigenvalue weighted by Gasteiger charge is 2.36. The second kappa shape index (κ2) is 9.49. The molecular weight excluding hydrogens is 420 g/mol. The summed E-state index contributed by atoms with van der Waals surface area (Å²) in [4.78, 5) is 38.7. The molecule has 1 aliphatic heterocycles. The van der Waals surface area contributed by atoms with Crippen LogP contribution in [0.1, 0.15) is 18.1 Å². The largest absolute Gasteiger partial charge is 0.493 e. The zero-order valence-electron chi connectivity index (χ0n) is 17.1. The molecule has 7 nitrogen and oxygen atoms in total. The number of carbonyl (C=O) groups excluding carboxylic acids is 3. The van der Waals surface area contributed by atoms with Crippen molar-refractivity contribution in [1.29, 1.82) is 0 Å². The van der Waals surface area contributed by atoms with E-state index in [1.165, 1.54) is 25.3 Å². The van der Waals surface area contributed by atoms with Gasteiger partial charge in [0.1, 0.15) is 5.57 Å². The molecule has 3 rings (SSSR count). The minimum atomic E-state index is -0.828. The van der Waals surface area contributed by atoms with Gasteiger partial charge in [0.2, 0.25) is 0 Å². The summed E-state index contributed by atoms with van der Waals surface area (Å²) in [6.07, 6.45) is 3.63. The molecule has 1 fully saturated rings. The summed E-state index contributed by atoms with van der Waals surface area (Å²) in [6.45, 7) is 6.06. The number of benzene rings is 2. The highest BCUT2D eigenvalue weighted by atomic mass is 35.5. The fourth-order valence-corrected chi connectivity index (χ4v) is 3.31. The summed E-state index contributed by atoms with van der Waals surface area (Å²) in [6, 6.07) is 8.77. The van der Waals surface area contributed by atoms with Crippen LogP contribution in [0.4, 0.5) is 10.5 Å². The van der Waals surface area contributed by atoms with E-state index in [4.69, 9.17) is 21.1 Å². The molecule has 2 aromatic carbocycles. The Morgan fingerprint density at radius 2 is 1.87 bits per heavy atom. The molecule has 4 amide bonds. The van der Waals surface area contributed by atoms with E-state index in [0.29, 0.717) is 40.8 Å². The van der Waals surface area contributed by atoms with Gasteiger partial charge in [-0.15, -0.1) is 6.58 Å². The lowest BCUT2D eigenvalue weighted by atomic mass is 10.0. The zero-order valence-corrected chi connectivity index (χ0v) is 17.9. The number of halogens is 1. The zero-order chi connectivity index (χ0) is 22.5. The van der Waals surface area contributed by atoms with Crippen LogP contribution in [-0.2, 0) is 16.0 Å². The van der Waals surface area contributed by atoms with Gasteiger partial charge in [-0.3, -0.25) is 14.9 Å². The van der Waals surface area contributed by atoms with Crippen molar-refractivity contribution in [3.63, 3.8) is 0 Å². The topological polar surface area (TPSA) is 84.9 Å². The van der Waals surface area contributed by atoms with E-state index >= 15 is 0 Å². The van der Waals surface area contributed by atoms with Gasteiger partial charge in [-0.05, 0) is 61.4 Å². The van der Waals surface area contributed by atoms with Gasteiger partial charge in [-0.1, -0.05) is 17.7 Å². The van der Waals surface area contributed by atoms with E-state index in [-0.39, 0.29) is 5.57 Å². The summed E-state index contributed by atoms with van der Waals surface area (Å²) >= 11 is 5.89. The fourth-order valence-electron chi connectivity index (χ4n) is 3.18. The Morgan fingerprint density at radius 1 is 1.16 bits per heavy atom. The Bertz CT molecular complexity index is 1080. The van der Waals surface area contributed by atoms with E-state index in [1.54, 1.807) is 30.3 Å². The molecule has 1 heterocycles. The van der Waals surface area contributed by atoms with Crippen molar-refractivity contribution in [1.82, 2.24) is 5.32 Å². The van der Waals surface area contributed by atoms with Crippen LogP contribution in [0.5, 0.6) is 11.5 Å². The van der Waals surface area contributed by atoms with Gasteiger partial charge in [0.05, 0.1) is 19.4 Å². The first-order valence-electron chi connectivity index (χ1n) is 9.51. The van der Waals surface area contributed by atoms with Crippen molar-refractivity contribution >= 4 is 41.2 Å². The highest BCUT2D eigenvalue weighted by molar-refractivity contribution is 6.39. The van der Waals surface area contributed by atoms with Gasteiger partial charge in [0.25, 0.3) is 11.8 Å². The summed E-state index contributed by atoms with van der Waals surface area (Å²) in [5.74, 6) is -0.487. The van der Waals surface area contributed by atoms with Crippen LogP contribution in [0.2, 0.25) is 5.02 Å². The first kappa shape index (κ1) is 22.1. The molecule has 160 valence electrons. The number of nitrogens with zero attached hydrogens (tertiary/aromatic N) is 1. The smallest absolute Gasteiger partial charge is 0.335 e. The van der Waals surface area contributed by atoms with Gasteiger partial charge in [-0.2, -0.15) is 0 Å². The average Bonchev–Trinajstić information content (AvgIpc) is 2.74. The number of nitrogens with one attached hydrogen (secondary N) is 1. The number of anilines is 1. The van der Waals surface area contributed by atoms with Crippen LogP contribution in [0.3, 0.4) is 0 Å². The minimum absolute atomic E-state index is 0.190. The monoisotopic (exact) mass is 440 g/mol. The number of hydrogen-bond donors (Lipinski definition) is 1. The van der Waals surface area contributed by atoms with Crippen molar-refractivity contribution in [3.05, 3.63) is 70.8 Å². The lowest BCUT2D eigenvalue weighted by Crippen LogP contribution is -2.54. The fraction of sp³-hybridized carbons (Fsp3) is 0.174. The number of barbiturate groups is 1. The number of allylic oxidation sites excluding steroid dienone is 1. The van der Waals surface area contributed by atoms with Crippen LogP contribution in [-0.4, -0.2) is 31.6 Å². The van der Waals surface area contributed by atoms with E-state index in [1.807, 2.05) is 6.92 Å². The van der Waals surface area contributed by atoms with Crippen LogP contribution in [0.15, 0.2) is 54.6 Å². The van der Waals surface area contributed by atoms with Crippen LogP contribution in [0.25, 0.3) is 6.08 Å². The number of imide groups is 2. The average molecular weight is 441 g/mol. The van der Waals surface area contributed by atoms with E-state index in [9.17, 15) is 14.4 Å². The maximum Gasteiger partial charge on any atom is 0.335 e. The molecule has 0 unspecified atom stereocenters. The lowest BCUT2D eigenvalue weighted by molar-refractivity contribution is -0.122. The molecule has 0 aliphatic carbocycles. The summed E-state index contributed by atoms with van der Waals surface area (Å²) in [5.41, 5.74) is 1.44. The molecule has 0 bridgehead atoms. The van der Waals surface area contributed by atoms with Crippen molar-refractivity contribution in [2.45, 2.75) is 13.3 Å². The lowest BCUT2D eigenvalue weighted by Gasteiger charge is -2.26. The molecular formula is C23H21ClN2O5. The molecule has 1 N–H and O–H groups in total. The predicted molar refractivity (Wildman–Crippen MR) is 119 cm³/mol. The molecule has 0 saturated carbocycles. The summed E-state index contributed by atoms with van der Waals surface area (Å²) in [7, 11) is 1.51. The third kappa shape index (κ3) is 4.62. The van der Waals surface area contributed by atoms with Gasteiger partial charge in [-0.25, -0.2) is 9.69 Å². The molecule has 0 aromatic heterocycles. The standard InChI is InChI=1S/C23H21ClN2O5/c1-4-6-15-11-14(13-19(30-3)20(15)31-5-2)12-18-21(27)25-23(29)26(22(18)28)17-9-7-16(24)8-10-17/h4,7-13H,1,5-6H2,2-3H3,(H,25,27,29)/b18-12+. The highest BCUT2D eigenvalue weighted by Crippen LogP contribution is 2.34. The van der Waals surface area contributed by atoms with Crippen molar-refractivity contribution in [3.8, 4) is 11.5 Å². The third-order valence-electron chi connectivity index (χ3n) is 4.52. The minimum Gasteiger partial charge on any atom is -0.493 e. The third-order valence-corrected chi connectivity index (χ3v) is 4.78. The molecule has 0 radical (unpaired) electrons. The Balaban J connectivity index is 2.06. The van der Waals surface area contributed by atoms with Gasteiger partial charge < -0.3 is 9.47 Å². The van der Waals surface area contributed by atoms with Crippen LogP contribution < -0.4 is 19.7 Å². The van der Waals surface area contributed by atoms with Crippen molar-refractivity contribution in [2.75, 3.05) is 18.6 Å². The quantitative estimate of drug-likeness (QED) is 0.397. The Labute approximate surface area is 184 Å². The molecule has 8 heteroatoms. The second-order valence-electron chi connectivity index (χ2n) is 6.57. The molecule has 0 spiro atoms. The Hall–Kier alpha value is -3.58. The molecule has 1 saturated heterocycles. The second-order valence-corrected chi connectivity index (χ2v) is 7.01. The van der Waals surface area contributed by atoms with Crippen LogP contribution >= 0.6 is 11.6 Å². The number of methoxy groups -OCH3 is 1. The van der Waals surface area contributed by atoms with Gasteiger partial charge in [0, 0.05) is 10.6 Å². The Morgan fingerprint density at radius 3 is 2.48 bits per heavy atom. The van der Waals surface area contributed by atoms with E-state index in [2.05, 4.69) is 11.9 Å². The number of hydrogen-bond acceptors (Lipinski definition) is 5. The number of amides is 4. The van der Waals surface area contributed by atoms with E-state index in [0.717, 1.165) is 10.5 Å². The maximum absolute atomic E-state index is 13.0. The Kier molecular flexibility index (Phi) is 6.77. The molecule has 31 heavy (non-hydrogen) atoms. The van der Waals surface area contributed by atoms with Gasteiger partial charge >= 0.3 is 6.03 Å². The normalized spacial score (nSPS) is 15.1. The maximum atomic E-state index is 13.0. The number of carbonyl (C=O) groups is 3. The summed E-state index contributed by atoms with van der Waals surface area (Å²) < 4.78 is 11.1. The van der Waals surface area contributed by atoms with Crippen LogP contribution in [0, 0.1) is 0 Å². The predicted octanol–water partition coefficient (Wildman–Crippen LogP) is 4.14. The van der Waals surface area contributed by atoms with Crippen molar-refractivity contribution < 1.29 is 23.9 Å². The van der Waals surface area contributed by atoms with E-state index < -0.39 is 17.8 Å². The number of ether oxygens (including phenoxy) is 2. The SMILES string of the molecule is C=CCc1cc(/C=C2\C(=O)NC(=O)N(c3ccc(Cl)cc3)C2=O)cc(OC)c1OCC. The molecule has 0 atom stereocenters. The van der Waals surface area contributed by atoms with Gasteiger partial charge in [0.15, 0.2) is 11.5 Å². The first-order valence-corrected chi connectivity index (χ1v) is 9.89. The van der Waals surface area contributed by atoms with Crippen molar-refractivity contribution in [2.24, 2.45) is 0 Å². The number of urea groups is 1. The first-order chi connectivity index (χ1) is 14.9. The number of rotatable bonds is 7. The summed E-state index contributed by atoms with van der Waals surface area (Å²) in [5, 5.41) is 2.65. The molecule has 2 aromatic rings.